The third kappa shape index (κ3) is 4.40. The van der Waals surface area contributed by atoms with Crippen LogP contribution in [-0.4, -0.2) is 41.9 Å². The monoisotopic (exact) mass is 318 g/mol. The number of allylic oxidation sites excluding steroid dienone is 2. The van der Waals surface area contributed by atoms with Gasteiger partial charge in [-0.05, 0) is 55.9 Å². The Balaban J connectivity index is 0.00000200. The van der Waals surface area contributed by atoms with Gasteiger partial charge in [-0.2, -0.15) is 11.8 Å². The second kappa shape index (κ2) is 8.30. The van der Waals surface area contributed by atoms with Gasteiger partial charge in [0.2, 0.25) is 5.91 Å². The summed E-state index contributed by atoms with van der Waals surface area (Å²) in [5, 5.41) is 0. The number of amides is 1. The molecule has 0 aromatic carbocycles. The molecular formula is C15H27ClN2OS. The molecule has 0 aromatic rings. The molecular weight excluding hydrogens is 292 g/mol. The van der Waals surface area contributed by atoms with E-state index in [0.717, 1.165) is 38.1 Å². The molecule has 1 aliphatic carbocycles. The van der Waals surface area contributed by atoms with Crippen LogP contribution in [0.3, 0.4) is 0 Å². The van der Waals surface area contributed by atoms with E-state index in [4.69, 9.17) is 5.73 Å². The van der Waals surface area contributed by atoms with Crippen LogP contribution in [0.15, 0.2) is 12.2 Å². The van der Waals surface area contributed by atoms with Gasteiger partial charge in [0.1, 0.15) is 0 Å². The van der Waals surface area contributed by atoms with E-state index in [1.165, 1.54) is 19.3 Å². The number of halogens is 1. The molecule has 0 radical (unpaired) electrons. The van der Waals surface area contributed by atoms with E-state index in [1.54, 1.807) is 11.8 Å². The number of thioether (sulfide) groups is 1. The van der Waals surface area contributed by atoms with Gasteiger partial charge in [0.15, 0.2) is 0 Å². The summed E-state index contributed by atoms with van der Waals surface area (Å²) in [4.78, 5) is 14.4. The van der Waals surface area contributed by atoms with Crippen molar-refractivity contribution in [1.29, 1.82) is 0 Å². The molecule has 3 nitrogen and oxygen atoms in total. The van der Waals surface area contributed by atoms with E-state index in [-0.39, 0.29) is 24.4 Å². The Hall–Kier alpha value is -0.190. The van der Waals surface area contributed by atoms with E-state index < -0.39 is 0 Å². The molecule has 1 saturated heterocycles. The lowest BCUT2D eigenvalue weighted by Crippen LogP contribution is -2.51. The van der Waals surface area contributed by atoms with E-state index in [9.17, 15) is 4.79 Å². The van der Waals surface area contributed by atoms with Crippen LogP contribution in [0.4, 0.5) is 0 Å². The lowest BCUT2D eigenvalue weighted by atomic mass is 9.71. The van der Waals surface area contributed by atoms with Gasteiger partial charge in [-0.15, -0.1) is 12.4 Å². The molecule has 1 aliphatic heterocycles. The molecule has 2 atom stereocenters. The minimum absolute atomic E-state index is 0. The fraction of sp³-hybridized carbons (Fsp3) is 0.800. The highest BCUT2D eigenvalue weighted by molar-refractivity contribution is 7.98. The highest BCUT2D eigenvalue weighted by Crippen LogP contribution is 2.40. The highest BCUT2D eigenvalue weighted by atomic mass is 35.5. The molecule has 1 fully saturated rings. The number of carbonyl (C=O) groups excluding carboxylic acids is 1. The zero-order chi connectivity index (χ0) is 13.7. The van der Waals surface area contributed by atoms with Gasteiger partial charge in [0, 0.05) is 13.1 Å². The Morgan fingerprint density at radius 2 is 2.25 bits per heavy atom. The third-order valence-corrected chi connectivity index (χ3v) is 5.13. The van der Waals surface area contributed by atoms with Gasteiger partial charge in [0.25, 0.3) is 0 Å². The molecule has 0 saturated carbocycles. The lowest BCUT2D eigenvalue weighted by molar-refractivity contribution is -0.136. The Labute approximate surface area is 133 Å². The van der Waals surface area contributed by atoms with Crippen LogP contribution >= 0.6 is 24.2 Å². The van der Waals surface area contributed by atoms with Gasteiger partial charge in [0.05, 0.1) is 6.04 Å². The molecule has 2 unspecified atom stereocenters. The number of nitrogens with two attached hydrogens (primary N) is 1. The predicted octanol–water partition coefficient (Wildman–Crippen LogP) is 2.84. The number of hydrogen-bond acceptors (Lipinski definition) is 3. The summed E-state index contributed by atoms with van der Waals surface area (Å²) >= 11 is 1.76. The summed E-state index contributed by atoms with van der Waals surface area (Å²) in [5.74, 6) is 1.14. The number of carbonyl (C=O) groups is 1. The highest BCUT2D eigenvalue weighted by Gasteiger charge is 2.37. The van der Waals surface area contributed by atoms with Crippen molar-refractivity contribution in [3.05, 3.63) is 12.2 Å². The van der Waals surface area contributed by atoms with Gasteiger partial charge in [-0.1, -0.05) is 12.2 Å². The van der Waals surface area contributed by atoms with Gasteiger partial charge < -0.3 is 10.6 Å². The number of likely N-dealkylation sites (tertiary alicyclic amines) is 1. The van der Waals surface area contributed by atoms with Gasteiger partial charge in [-0.25, -0.2) is 0 Å². The van der Waals surface area contributed by atoms with E-state index >= 15 is 0 Å². The molecule has 1 amide bonds. The van der Waals surface area contributed by atoms with Crippen molar-refractivity contribution in [2.45, 2.75) is 44.6 Å². The molecule has 116 valence electrons. The van der Waals surface area contributed by atoms with Gasteiger partial charge in [-0.3, -0.25) is 4.79 Å². The summed E-state index contributed by atoms with van der Waals surface area (Å²) in [6.07, 6.45) is 13.4. The summed E-state index contributed by atoms with van der Waals surface area (Å²) < 4.78 is 0. The minimum atomic E-state index is -0.304. The molecule has 0 aromatic heterocycles. The van der Waals surface area contributed by atoms with E-state index in [0.29, 0.717) is 5.41 Å². The molecule has 2 N–H and O–H groups in total. The fourth-order valence-corrected chi connectivity index (χ4v) is 3.80. The van der Waals surface area contributed by atoms with Crippen molar-refractivity contribution in [1.82, 2.24) is 4.90 Å². The number of hydrogen-bond donors (Lipinski definition) is 1. The third-order valence-electron chi connectivity index (χ3n) is 4.48. The van der Waals surface area contributed by atoms with Crippen LogP contribution in [0.5, 0.6) is 0 Å². The Kier molecular flexibility index (Phi) is 7.41. The van der Waals surface area contributed by atoms with E-state index in [2.05, 4.69) is 18.4 Å². The normalized spacial score (nSPS) is 27.2. The number of nitrogens with zero attached hydrogens (tertiary/aromatic N) is 1. The SMILES string of the molecule is CSCCC(N)C(=O)N1CCCC2(CC=CCC2)C1.Cl. The zero-order valence-corrected chi connectivity index (χ0v) is 14.0. The molecule has 2 rings (SSSR count). The van der Waals surface area contributed by atoms with Crippen molar-refractivity contribution in [2.24, 2.45) is 11.1 Å². The van der Waals surface area contributed by atoms with Crippen molar-refractivity contribution < 1.29 is 4.79 Å². The van der Waals surface area contributed by atoms with Crippen LogP contribution in [0.25, 0.3) is 0 Å². The smallest absolute Gasteiger partial charge is 0.239 e. The summed E-state index contributed by atoms with van der Waals surface area (Å²) in [6, 6.07) is -0.304. The number of rotatable bonds is 4. The average molecular weight is 319 g/mol. The average Bonchev–Trinajstić information content (AvgIpc) is 2.45. The molecule has 2 aliphatic rings. The van der Waals surface area contributed by atoms with Crippen LogP contribution in [0, 0.1) is 5.41 Å². The molecule has 1 spiro atoms. The van der Waals surface area contributed by atoms with Crippen LogP contribution in [0.1, 0.15) is 38.5 Å². The zero-order valence-electron chi connectivity index (χ0n) is 12.3. The second-order valence-electron chi connectivity index (χ2n) is 5.97. The van der Waals surface area contributed by atoms with Crippen LogP contribution < -0.4 is 5.73 Å². The summed E-state index contributed by atoms with van der Waals surface area (Å²) in [7, 11) is 0. The van der Waals surface area contributed by atoms with Crippen molar-refractivity contribution in [3.63, 3.8) is 0 Å². The minimum Gasteiger partial charge on any atom is -0.341 e. The first-order chi connectivity index (χ1) is 9.17. The topological polar surface area (TPSA) is 46.3 Å². The molecule has 0 bridgehead atoms. The fourth-order valence-electron chi connectivity index (χ4n) is 3.31. The Morgan fingerprint density at radius 1 is 1.45 bits per heavy atom. The van der Waals surface area contributed by atoms with Crippen LogP contribution in [-0.2, 0) is 4.79 Å². The Morgan fingerprint density at radius 3 is 2.90 bits per heavy atom. The van der Waals surface area contributed by atoms with Crippen LogP contribution in [0.2, 0.25) is 0 Å². The standard InChI is InChI=1S/C15H26N2OS.ClH/c1-19-11-6-13(16)14(18)17-10-5-9-15(12-17)7-3-2-4-8-15;/h2-3,13H,4-12,16H2,1H3;1H. The molecule has 20 heavy (non-hydrogen) atoms. The predicted molar refractivity (Wildman–Crippen MR) is 89.5 cm³/mol. The van der Waals surface area contributed by atoms with Crippen molar-refractivity contribution in [3.8, 4) is 0 Å². The molecule has 1 heterocycles. The van der Waals surface area contributed by atoms with Crippen molar-refractivity contribution in [2.75, 3.05) is 25.1 Å². The first kappa shape index (κ1) is 17.9. The first-order valence-corrected chi connectivity index (χ1v) is 8.75. The maximum atomic E-state index is 12.4. The maximum Gasteiger partial charge on any atom is 0.239 e. The maximum absolute atomic E-state index is 12.4. The summed E-state index contributed by atoms with van der Waals surface area (Å²) in [6.45, 7) is 1.82. The second-order valence-corrected chi connectivity index (χ2v) is 6.95. The number of piperidine rings is 1. The quantitative estimate of drug-likeness (QED) is 0.811. The molecule has 5 heteroatoms. The van der Waals surface area contributed by atoms with E-state index in [1.807, 2.05) is 4.90 Å². The van der Waals surface area contributed by atoms with Crippen molar-refractivity contribution >= 4 is 30.1 Å². The summed E-state index contributed by atoms with van der Waals surface area (Å²) in [5.41, 5.74) is 6.38. The Bertz CT molecular complexity index is 351. The first-order valence-electron chi connectivity index (χ1n) is 7.35. The van der Waals surface area contributed by atoms with Gasteiger partial charge >= 0.3 is 0 Å². The largest absolute Gasteiger partial charge is 0.341 e. The lowest BCUT2D eigenvalue weighted by Gasteiger charge is -2.44.